The third-order valence-corrected chi connectivity index (χ3v) is 5.28. The third-order valence-electron chi connectivity index (χ3n) is 3.84. The van der Waals surface area contributed by atoms with Gasteiger partial charge in [0, 0.05) is 5.56 Å². The van der Waals surface area contributed by atoms with Gasteiger partial charge in [-0.2, -0.15) is 0 Å². The number of nitrogens with one attached hydrogen (secondary N) is 1. The normalized spacial score (nSPS) is 13.5. The molecule has 0 saturated carbocycles. The summed E-state index contributed by atoms with van der Waals surface area (Å²) in [7, 11) is -3.69. The summed E-state index contributed by atoms with van der Waals surface area (Å²) in [5.41, 5.74) is 1.10. The molecule has 24 heavy (non-hydrogen) atoms. The maximum Gasteiger partial charge on any atom is 0.241 e. The van der Waals surface area contributed by atoms with Gasteiger partial charge in [-0.3, -0.25) is 4.79 Å². The minimum atomic E-state index is -3.69. The van der Waals surface area contributed by atoms with E-state index in [0.29, 0.717) is 5.56 Å². The first-order valence-corrected chi connectivity index (χ1v) is 9.28. The van der Waals surface area contributed by atoms with E-state index in [0.717, 1.165) is 5.56 Å². The summed E-state index contributed by atoms with van der Waals surface area (Å²) in [6, 6.07) is 15.1. The van der Waals surface area contributed by atoms with E-state index in [9.17, 15) is 13.2 Å². The Morgan fingerprint density at radius 1 is 0.958 bits per heavy atom. The fraction of sp³-hybridized carbons (Fsp3) is 0.316. The molecular weight excluding hydrogens is 322 g/mol. The van der Waals surface area contributed by atoms with Crippen molar-refractivity contribution >= 4 is 15.8 Å². The molecule has 5 heteroatoms. The van der Waals surface area contributed by atoms with E-state index in [4.69, 9.17) is 0 Å². The summed E-state index contributed by atoms with van der Waals surface area (Å²) in [4.78, 5) is 11.5. The van der Waals surface area contributed by atoms with Crippen LogP contribution in [0.1, 0.15) is 49.7 Å². The SMILES string of the molecule is CC(=O)c1ccc(S(=O)(=O)NC(c2ccccc2)C(C)(C)C)cc1. The molecule has 0 aliphatic heterocycles. The van der Waals surface area contributed by atoms with E-state index in [1.807, 2.05) is 51.1 Å². The van der Waals surface area contributed by atoms with E-state index in [-0.39, 0.29) is 22.1 Å². The maximum atomic E-state index is 12.7. The summed E-state index contributed by atoms with van der Waals surface area (Å²) in [5.74, 6) is -0.0937. The lowest BCUT2D eigenvalue weighted by Crippen LogP contribution is -2.36. The van der Waals surface area contributed by atoms with Gasteiger partial charge in [0.15, 0.2) is 5.78 Å². The average molecular weight is 345 g/mol. The van der Waals surface area contributed by atoms with Gasteiger partial charge in [-0.1, -0.05) is 63.2 Å². The maximum absolute atomic E-state index is 12.7. The number of Topliss-reactive ketones (excluding diaryl/α,β-unsaturated/α-hetero) is 1. The van der Waals surface area contributed by atoms with Crippen LogP contribution in [0, 0.1) is 5.41 Å². The summed E-state index contributed by atoms with van der Waals surface area (Å²) in [5, 5.41) is 0. The molecule has 1 unspecified atom stereocenters. The molecule has 0 spiro atoms. The highest BCUT2D eigenvalue weighted by atomic mass is 32.2. The Morgan fingerprint density at radius 2 is 1.50 bits per heavy atom. The van der Waals surface area contributed by atoms with Crippen LogP contribution in [0.3, 0.4) is 0 Å². The first-order valence-electron chi connectivity index (χ1n) is 7.79. The zero-order valence-corrected chi connectivity index (χ0v) is 15.2. The molecule has 0 heterocycles. The van der Waals surface area contributed by atoms with E-state index < -0.39 is 10.0 Å². The second kappa shape index (κ2) is 6.87. The third kappa shape index (κ3) is 4.30. The number of rotatable bonds is 5. The van der Waals surface area contributed by atoms with E-state index in [2.05, 4.69) is 4.72 Å². The second-order valence-corrected chi connectivity index (χ2v) is 8.63. The molecule has 0 saturated heterocycles. The van der Waals surface area contributed by atoms with Crippen LogP contribution in [-0.2, 0) is 10.0 Å². The van der Waals surface area contributed by atoms with Crippen LogP contribution in [0.15, 0.2) is 59.5 Å². The molecule has 2 rings (SSSR count). The summed E-state index contributed by atoms with van der Waals surface area (Å²) >= 11 is 0. The van der Waals surface area contributed by atoms with Gasteiger partial charge in [-0.05, 0) is 30.0 Å². The lowest BCUT2D eigenvalue weighted by atomic mass is 9.83. The number of sulfonamides is 1. The Morgan fingerprint density at radius 3 is 1.96 bits per heavy atom. The largest absolute Gasteiger partial charge is 0.295 e. The zero-order chi connectivity index (χ0) is 18.0. The van der Waals surface area contributed by atoms with Crippen molar-refractivity contribution < 1.29 is 13.2 Å². The Kier molecular flexibility index (Phi) is 5.26. The van der Waals surface area contributed by atoms with Crippen LogP contribution in [0.4, 0.5) is 0 Å². The van der Waals surface area contributed by atoms with Gasteiger partial charge in [-0.25, -0.2) is 13.1 Å². The van der Waals surface area contributed by atoms with Crippen LogP contribution in [-0.4, -0.2) is 14.2 Å². The Bertz CT molecular complexity index is 804. The van der Waals surface area contributed by atoms with E-state index in [1.54, 1.807) is 0 Å². The molecule has 0 fully saturated rings. The molecule has 2 aromatic carbocycles. The minimum absolute atomic E-state index is 0.0937. The molecule has 0 radical (unpaired) electrons. The summed E-state index contributed by atoms with van der Waals surface area (Å²) in [6.45, 7) is 7.43. The van der Waals surface area contributed by atoms with Crippen LogP contribution in [0.5, 0.6) is 0 Å². The van der Waals surface area contributed by atoms with Gasteiger partial charge < -0.3 is 0 Å². The molecule has 1 atom stereocenters. The van der Waals surface area contributed by atoms with Gasteiger partial charge in [-0.15, -0.1) is 0 Å². The van der Waals surface area contributed by atoms with Crippen molar-refractivity contribution in [1.29, 1.82) is 0 Å². The van der Waals surface area contributed by atoms with Gasteiger partial charge >= 0.3 is 0 Å². The van der Waals surface area contributed by atoms with Gasteiger partial charge in [0.1, 0.15) is 0 Å². The fourth-order valence-electron chi connectivity index (χ4n) is 2.48. The monoisotopic (exact) mass is 345 g/mol. The zero-order valence-electron chi connectivity index (χ0n) is 14.4. The lowest BCUT2D eigenvalue weighted by molar-refractivity contribution is 0.101. The van der Waals surface area contributed by atoms with Crippen LogP contribution >= 0.6 is 0 Å². The van der Waals surface area contributed by atoms with E-state index in [1.165, 1.54) is 31.2 Å². The minimum Gasteiger partial charge on any atom is -0.295 e. The molecular formula is C19H23NO3S. The molecule has 0 aliphatic rings. The topological polar surface area (TPSA) is 63.2 Å². The second-order valence-electron chi connectivity index (χ2n) is 6.91. The molecule has 1 N–H and O–H groups in total. The molecule has 0 bridgehead atoms. The Labute approximate surface area is 144 Å². The predicted molar refractivity (Wildman–Crippen MR) is 95.4 cm³/mol. The quantitative estimate of drug-likeness (QED) is 0.835. The molecule has 0 aromatic heterocycles. The molecule has 0 amide bonds. The highest BCUT2D eigenvalue weighted by Gasteiger charge is 2.30. The van der Waals surface area contributed by atoms with Gasteiger partial charge in [0.2, 0.25) is 10.0 Å². The standard InChI is InChI=1S/C19H23NO3S/c1-14(21)15-10-12-17(13-11-15)24(22,23)20-18(19(2,3)4)16-8-6-5-7-9-16/h5-13,18,20H,1-4H3. The average Bonchev–Trinajstić information content (AvgIpc) is 2.52. The van der Waals surface area contributed by atoms with Crippen molar-refractivity contribution in [2.75, 3.05) is 0 Å². The Hall–Kier alpha value is -1.98. The van der Waals surface area contributed by atoms with E-state index >= 15 is 0 Å². The van der Waals surface area contributed by atoms with Crippen molar-refractivity contribution in [3.8, 4) is 0 Å². The lowest BCUT2D eigenvalue weighted by Gasteiger charge is -2.31. The number of carbonyl (C=O) groups excluding carboxylic acids is 1. The summed E-state index contributed by atoms with van der Waals surface area (Å²) in [6.07, 6.45) is 0. The van der Waals surface area contributed by atoms with Crippen molar-refractivity contribution in [2.24, 2.45) is 5.41 Å². The number of carbonyl (C=O) groups is 1. The van der Waals surface area contributed by atoms with Crippen LogP contribution in [0.2, 0.25) is 0 Å². The first-order chi connectivity index (χ1) is 11.1. The smallest absolute Gasteiger partial charge is 0.241 e. The number of hydrogen-bond donors (Lipinski definition) is 1. The highest BCUT2D eigenvalue weighted by molar-refractivity contribution is 7.89. The summed E-state index contributed by atoms with van der Waals surface area (Å²) < 4.78 is 28.3. The van der Waals surface area contributed by atoms with Gasteiger partial charge in [0.25, 0.3) is 0 Å². The molecule has 128 valence electrons. The van der Waals surface area contributed by atoms with Crippen LogP contribution in [0.25, 0.3) is 0 Å². The number of ketones is 1. The first kappa shape index (κ1) is 18.4. The molecule has 2 aromatic rings. The van der Waals surface area contributed by atoms with Crippen molar-refractivity contribution in [1.82, 2.24) is 4.72 Å². The molecule has 4 nitrogen and oxygen atoms in total. The predicted octanol–water partition coefficient (Wildman–Crippen LogP) is 3.95. The van der Waals surface area contributed by atoms with Crippen molar-refractivity contribution in [3.05, 3.63) is 65.7 Å². The van der Waals surface area contributed by atoms with Crippen LogP contribution < -0.4 is 4.72 Å². The fourth-order valence-corrected chi connectivity index (χ4v) is 3.91. The van der Waals surface area contributed by atoms with Crippen molar-refractivity contribution in [3.63, 3.8) is 0 Å². The highest BCUT2D eigenvalue weighted by Crippen LogP contribution is 2.34. The number of hydrogen-bond acceptors (Lipinski definition) is 3. The number of benzene rings is 2. The van der Waals surface area contributed by atoms with Crippen molar-refractivity contribution in [2.45, 2.75) is 38.6 Å². The molecule has 0 aliphatic carbocycles. The van der Waals surface area contributed by atoms with Gasteiger partial charge in [0.05, 0.1) is 10.9 Å². The Balaban J connectivity index is 2.36.